The van der Waals surface area contributed by atoms with E-state index >= 15 is 0 Å². The Hall–Kier alpha value is -0.570. The molecule has 3 nitrogen and oxygen atoms in total. The molecule has 0 aliphatic heterocycles. The molecular weight excluding hydrogens is 176 g/mol. The number of carbonyl (C=O) groups is 1. The fourth-order valence-electron chi connectivity index (χ4n) is 1.41. The summed E-state index contributed by atoms with van der Waals surface area (Å²) in [6.07, 6.45) is 2.04. The van der Waals surface area contributed by atoms with Gasteiger partial charge in [-0.1, -0.05) is 27.2 Å². The molecule has 1 atom stereocenters. The molecule has 0 unspecified atom stereocenters. The van der Waals surface area contributed by atoms with E-state index in [1.54, 1.807) is 0 Å². The number of nitrogens with two attached hydrogens (primary N) is 1. The maximum Gasteiger partial charge on any atom is 0.237 e. The second-order valence-corrected chi connectivity index (χ2v) is 4.89. The normalized spacial score (nSPS) is 14.2. The van der Waals surface area contributed by atoms with E-state index in [4.69, 9.17) is 5.73 Å². The highest BCUT2D eigenvalue weighted by molar-refractivity contribution is 5.82. The van der Waals surface area contributed by atoms with Gasteiger partial charge < -0.3 is 11.1 Å². The summed E-state index contributed by atoms with van der Waals surface area (Å²) in [4.78, 5) is 11.6. The lowest BCUT2D eigenvalue weighted by Gasteiger charge is -2.28. The lowest BCUT2D eigenvalue weighted by atomic mass is 9.97. The quantitative estimate of drug-likeness (QED) is 0.709. The van der Waals surface area contributed by atoms with Crippen LogP contribution in [0.3, 0.4) is 0 Å². The topological polar surface area (TPSA) is 55.1 Å². The smallest absolute Gasteiger partial charge is 0.237 e. The molecule has 0 aromatic heterocycles. The Balaban J connectivity index is 4.17. The van der Waals surface area contributed by atoms with E-state index in [9.17, 15) is 4.79 Å². The molecule has 0 aromatic rings. The Morgan fingerprint density at radius 2 is 1.93 bits per heavy atom. The van der Waals surface area contributed by atoms with Gasteiger partial charge in [0.2, 0.25) is 5.91 Å². The molecule has 14 heavy (non-hydrogen) atoms. The molecule has 1 amide bonds. The monoisotopic (exact) mass is 200 g/mol. The maximum absolute atomic E-state index is 11.6. The van der Waals surface area contributed by atoms with Gasteiger partial charge in [0.1, 0.15) is 0 Å². The molecule has 0 radical (unpaired) electrons. The zero-order chi connectivity index (χ0) is 11.4. The van der Waals surface area contributed by atoms with Gasteiger partial charge in [0.05, 0.1) is 6.04 Å². The van der Waals surface area contributed by atoms with Crippen LogP contribution in [0, 0.1) is 5.92 Å². The zero-order valence-corrected chi connectivity index (χ0v) is 10.1. The largest absolute Gasteiger partial charge is 0.350 e. The molecule has 0 aliphatic rings. The average molecular weight is 200 g/mol. The van der Waals surface area contributed by atoms with Crippen molar-refractivity contribution >= 4 is 5.91 Å². The van der Waals surface area contributed by atoms with Crippen molar-refractivity contribution in [3.63, 3.8) is 0 Å². The van der Waals surface area contributed by atoms with Crippen LogP contribution >= 0.6 is 0 Å². The number of rotatable bonds is 5. The molecule has 0 rings (SSSR count). The van der Waals surface area contributed by atoms with Crippen LogP contribution in [0.2, 0.25) is 0 Å². The third-order valence-electron chi connectivity index (χ3n) is 2.36. The van der Waals surface area contributed by atoms with Gasteiger partial charge in [0.25, 0.3) is 0 Å². The molecule has 3 N–H and O–H groups in total. The van der Waals surface area contributed by atoms with Crippen molar-refractivity contribution in [3.8, 4) is 0 Å². The predicted molar refractivity (Wildman–Crippen MR) is 59.9 cm³/mol. The van der Waals surface area contributed by atoms with Crippen LogP contribution in [0.5, 0.6) is 0 Å². The zero-order valence-electron chi connectivity index (χ0n) is 10.1. The summed E-state index contributed by atoms with van der Waals surface area (Å²) in [7, 11) is 0. The van der Waals surface area contributed by atoms with E-state index in [0.29, 0.717) is 0 Å². The van der Waals surface area contributed by atoms with E-state index in [2.05, 4.69) is 12.2 Å². The van der Waals surface area contributed by atoms with Crippen molar-refractivity contribution in [3.05, 3.63) is 0 Å². The minimum Gasteiger partial charge on any atom is -0.350 e. The van der Waals surface area contributed by atoms with E-state index in [-0.39, 0.29) is 17.4 Å². The van der Waals surface area contributed by atoms with Crippen molar-refractivity contribution in [2.45, 2.75) is 59.0 Å². The van der Waals surface area contributed by atoms with Crippen molar-refractivity contribution in [1.29, 1.82) is 0 Å². The summed E-state index contributed by atoms with van der Waals surface area (Å²) >= 11 is 0. The Morgan fingerprint density at radius 1 is 1.43 bits per heavy atom. The first-order chi connectivity index (χ1) is 6.30. The van der Waals surface area contributed by atoms with Crippen molar-refractivity contribution in [1.82, 2.24) is 5.32 Å². The van der Waals surface area contributed by atoms with E-state index in [0.717, 1.165) is 12.8 Å². The minimum absolute atomic E-state index is 0.0431. The second kappa shape index (κ2) is 5.35. The Kier molecular flexibility index (Phi) is 5.13. The van der Waals surface area contributed by atoms with Crippen molar-refractivity contribution < 1.29 is 4.79 Å². The summed E-state index contributed by atoms with van der Waals surface area (Å²) in [5, 5.41) is 2.97. The van der Waals surface area contributed by atoms with Crippen LogP contribution in [-0.4, -0.2) is 17.5 Å². The molecule has 0 aliphatic carbocycles. The summed E-state index contributed by atoms with van der Waals surface area (Å²) in [6, 6.07) is -0.397. The lowest BCUT2D eigenvalue weighted by molar-refractivity contribution is -0.124. The standard InChI is InChI=1S/C11H24N2O/c1-6-7-11(4,5)13-10(14)9(12)8(2)3/h8-9H,6-7,12H2,1-5H3,(H,13,14)/t9-/m0/s1. The van der Waals surface area contributed by atoms with E-state index < -0.39 is 6.04 Å². The number of nitrogens with one attached hydrogen (secondary N) is 1. The number of carbonyl (C=O) groups excluding carboxylic acids is 1. The Bertz CT molecular complexity index is 188. The molecule has 0 saturated heterocycles. The van der Waals surface area contributed by atoms with E-state index in [1.165, 1.54) is 0 Å². The molecule has 0 heterocycles. The van der Waals surface area contributed by atoms with Gasteiger partial charge in [-0.05, 0) is 26.2 Å². The summed E-state index contributed by atoms with van der Waals surface area (Å²) in [5.74, 6) is 0.144. The number of hydrogen-bond acceptors (Lipinski definition) is 2. The van der Waals surface area contributed by atoms with Gasteiger partial charge in [-0.3, -0.25) is 4.79 Å². The molecule has 3 heteroatoms. The van der Waals surface area contributed by atoms with Gasteiger partial charge in [-0.25, -0.2) is 0 Å². The molecule has 0 saturated carbocycles. The first-order valence-electron chi connectivity index (χ1n) is 5.37. The highest BCUT2D eigenvalue weighted by atomic mass is 16.2. The van der Waals surface area contributed by atoms with Gasteiger partial charge in [0, 0.05) is 5.54 Å². The van der Waals surface area contributed by atoms with E-state index in [1.807, 2.05) is 27.7 Å². The van der Waals surface area contributed by atoms with Crippen LogP contribution in [0.1, 0.15) is 47.5 Å². The number of amides is 1. The first-order valence-corrected chi connectivity index (χ1v) is 5.37. The van der Waals surface area contributed by atoms with Crippen LogP contribution in [-0.2, 0) is 4.79 Å². The first kappa shape index (κ1) is 13.4. The molecule has 84 valence electrons. The summed E-state index contributed by atoms with van der Waals surface area (Å²) < 4.78 is 0. The second-order valence-electron chi connectivity index (χ2n) is 4.89. The van der Waals surface area contributed by atoms with Crippen LogP contribution in [0.25, 0.3) is 0 Å². The third kappa shape index (κ3) is 4.61. The Morgan fingerprint density at radius 3 is 2.29 bits per heavy atom. The molecule has 0 bridgehead atoms. The lowest BCUT2D eigenvalue weighted by Crippen LogP contribution is -2.52. The predicted octanol–water partition coefficient (Wildman–Crippen LogP) is 1.66. The SMILES string of the molecule is CCCC(C)(C)NC(=O)[C@@H](N)C(C)C. The highest BCUT2D eigenvalue weighted by Gasteiger charge is 2.24. The summed E-state index contributed by atoms with van der Waals surface area (Å²) in [5.41, 5.74) is 5.61. The van der Waals surface area contributed by atoms with Gasteiger partial charge in [-0.2, -0.15) is 0 Å². The van der Waals surface area contributed by atoms with Crippen LogP contribution in [0.15, 0.2) is 0 Å². The minimum atomic E-state index is -0.397. The Labute approximate surface area is 87.4 Å². The fraction of sp³-hybridized carbons (Fsp3) is 0.909. The van der Waals surface area contributed by atoms with Crippen LogP contribution < -0.4 is 11.1 Å². The average Bonchev–Trinajstić information content (AvgIpc) is 2.01. The van der Waals surface area contributed by atoms with Gasteiger partial charge in [-0.15, -0.1) is 0 Å². The molecular formula is C11H24N2O. The summed E-state index contributed by atoms with van der Waals surface area (Å²) in [6.45, 7) is 10.1. The fourth-order valence-corrected chi connectivity index (χ4v) is 1.41. The third-order valence-corrected chi connectivity index (χ3v) is 2.36. The molecule has 0 fully saturated rings. The van der Waals surface area contributed by atoms with Crippen LogP contribution in [0.4, 0.5) is 0 Å². The highest BCUT2D eigenvalue weighted by Crippen LogP contribution is 2.11. The van der Waals surface area contributed by atoms with Gasteiger partial charge in [0.15, 0.2) is 0 Å². The maximum atomic E-state index is 11.6. The molecule has 0 aromatic carbocycles. The van der Waals surface area contributed by atoms with Crippen molar-refractivity contribution in [2.24, 2.45) is 11.7 Å². The number of hydrogen-bond donors (Lipinski definition) is 2. The van der Waals surface area contributed by atoms with Gasteiger partial charge >= 0.3 is 0 Å². The molecule has 0 spiro atoms. The van der Waals surface area contributed by atoms with Crippen molar-refractivity contribution in [2.75, 3.05) is 0 Å².